The van der Waals surface area contributed by atoms with Crippen LogP contribution in [0.4, 0.5) is 13.2 Å². The molecule has 2 N–H and O–H groups in total. The summed E-state index contributed by atoms with van der Waals surface area (Å²) in [5.74, 6) is 0.845. The molecule has 2 aromatic heterocycles. The molecule has 0 saturated heterocycles. The Kier molecular flexibility index (Phi) is 9.42. The van der Waals surface area contributed by atoms with Crippen molar-refractivity contribution in [2.75, 3.05) is 13.2 Å². The third-order valence-corrected chi connectivity index (χ3v) is 8.61. The first-order chi connectivity index (χ1) is 18.9. The molecule has 0 amide bonds. The van der Waals surface area contributed by atoms with Crippen LogP contribution in [0.1, 0.15) is 131 Å². The lowest BCUT2D eigenvalue weighted by Gasteiger charge is -2.47. The van der Waals surface area contributed by atoms with E-state index in [1.54, 1.807) is 0 Å². The standard InChI is InChI=1S/C27H31F3N2O3.C5H12/c1-15(2)24-23(25(34)17-4-5-20(31-14-17)27(28,29)30)21(16-6-10-35-11-7-16)22-18(32-24)12-26(8-3-9-26)13-19(22)33;1-4-5(2)3/h4-6,14-15,19,25,33-34H,3,7-13H2,1-2H3;5H,4H2,1-3H3/t19?,25-;/m0./s1. The number of hydrogen-bond acceptors (Lipinski definition) is 5. The highest BCUT2D eigenvalue weighted by Gasteiger charge is 2.46. The summed E-state index contributed by atoms with van der Waals surface area (Å²) in [4.78, 5) is 8.58. The third-order valence-electron chi connectivity index (χ3n) is 8.61. The molecule has 1 aliphatic heterocycles. The van der Waals surface area contributed by atoms with Crippen LogP contribution in [0, 0.1) is 11.3 Å². The highest BCUT2D eigenvalue weighted by atomic mass is 19.4. The summed E-state index contributed by atoms with van der Waals surface area (Å²) in [6, 6.07) is 2.16. The van der Waals surface area contributed by atoms with Crippen molar-refractivity contribution in [2.45, 2.75) is 104 Å². The first-order valence-electron chi connectivity index (χ1n) is 14.6. The Morgan fingerprint density at radius 1 is 1.15 bits per heavy atom. The largest absolute Gasteiger partial charge is 0.433 e. The number of pyridine rings is 2. The number of rotatable bonds is 5. The quantitative estimate of drug-likeness (QED) is 0.392. The zero-order chi connectivity index (χ0) is 29.2. The van der Waals surface area contributed by atoms with Gasteiger partial charge in [-0.3, -0.25) is 9.97 Å². The van der Waals surface area contributed by atoms with Crippen LogP contribution in [0.25, 0.3) is 5.57 Å². The Bertz CT molecular complexity index is 1200. The number of aliphatic hydroxyl groups is 2. The van der Waals surface area contributed by atoms with Gasteiger partial charge in [0.05, 0.1) is 19.3 Å². The second-order valence-electron chi connectivity index (χ2n) is 12.3. The topological polar surface area (TPSA) is 75.5 Å². The van der Waals surface area contributed by atoms with Gasteiger partial charge in [0.1, 0.15) is 11.8 Å². The second-order valence-corrected chi connectivity index (χ2v) is 12.3. The van der Waals surface area contributed by atoms with Crippen molar-refractivity contribution in [3.05, 3.63) is 63.7 Å². The number of aliphatic hydroxyl groups excluding tert-OH is 2. The summed E-state index contributed by atoms with van der Waals surface area (Å²) in [6.45, 7) is 11.6. The molecule has 1 fully saturated rings. The van der Waals surface area contributed by atoms with Crippen LogP contribution in [0.15, 0.2) is 24.4 Å². The van der Waals surface area contributed by atoms with Crippen LogP contribution in [0.2, 0.25) is 0 Å². The van der Waals surface area contributed by atoms with E-state index in [1.165, 1.54) is 12.5 Å². The maximum Gasteiger partial charge on any atom is 0.433 e. The van der Waals surface area contributed by atoms with E-state index in [1.807, 2.05) is 19.9 Å². The zero-order valence-electron chi connectivity index (χ0n) is 24.3. The zero-order valence-corrected chi connectivity index (χ0v) is 24.3. The molecule has 0 aromatic carbocycles. The molecule has 40 heavy (non-hydrogen) atoms. The number of nitrogens with zero attached hydrogens (tertiary/aromatic N) is 2. The maximum absolute atomic E-state index is 13.1. The minimum atomic E-state index is -4.56. The lowest BCUT2D eigenvalue weighted by atomic mass is 9.59. The summed E-state index contributed by atoms with van der Waals surface area (Å²) in [5.41, 5.74) is 4.02. The number of halogens is 3. The normalized spacial score (nSPS) is 20.9. The minimum absolute atomic E-state index is 0.0389. The number of ether oxygens (including phenoxy) is 1. The fourth-order valence-electron chi connectivity index (χ4n) is 5.89. The highest BCUT2D eigenvalue weighted by molar-refractivity contribution is 5.74. The Balaban J connectivity index is 0.000000681. The lowest BCUT2D eigenvalue weighted by Crippen LogP contribution is -2.38. The average Bonchev–Trinajstić information content (AvgIpc) is 2.91. The lowest BCUT2D eigenvalue weighted by molar-refractivity contribution is -0.141. The molecule has 220 valence electrons. The van der Waals surface area contributed by atoms with Gasteiger partial charge in [0.2, 0.25) is 0 Å². The fourth-order valence-corrected chi connectivity index (χ4v) is 5.89. The summed E-state index contributed by atoms with van der Waals surface area (Å²) in [6.07, 6.45) is 3.27. The molecule has 3 heterocycles. The van der Waals surface area contributed by atoms with Crippen LogP contribution >= 0.6 is 0 Å². The molecule has 1 spiro atoms. The fraction of sp³-hybridized carbons (Fsp3) is 0.625. The molecule has 5 nitrogen and oxygen atoms in total. The Morgan fingerprint density at radius 2 is 1.85 bits per heavy atom. The third kappa shape index (κ3) is 6.44. The maximum atomic E-state index is 13.1. The Labute approximate surface area is 235 Å². The summed E-state index contributed by atoms with van der Waals surface area (Å²) < 4.78 is 44.7. The van der Waals surface area contributed by atoms with Gasteiger partial charge in [0.15, 0.2) is 0 Å². The first kappa shape index (κ1) is 30.7. The number of fused-ring (bicyclic) bond motifs is 1. The van der Waals surface area contributed by atoms with E-state index < -0.39 is 24.1 Å². The van der Waals surface area contributed by atoms with Crippen molar-refractivity contribution < 1.29 is 28.1 Å². The van der Waals surface area contributed by atoms with Crippen molar-refractivity contribution in [1.82, 2.24) is 9.97 Å². The number of alkyl halides is 3. The van der Waals surface area contributed by atoms with Crippen molar-refractivity contribution >= 4 is 5.57 Å². The molecule has 5 rings (SSSR count). The average molecular weight is 561 g/mol. The van der Waals surface area contributed by atoms with E-state index in [9.17, 15) is 23.4 Å². The van der Waals surface area contributed by atoms with Gasteiger partial charge in [-0.15, -0.1) is 0 Å². The van der Waals surface area contributed by atoms with Crippen LogP contribution in [0.3, 0.4) is 0 Å². The van der Waals surface area contributed by atoms with Gasteiger partial charge in [0.25, 0.3) is 0 Å². The van der Waals surface area contributed by atoms with Crippen molar-refractivity contribution in [3.63, 3.8) is 0 Å². The second kappa shape index (κ2) is 12.3. The van der Waals surface area contributed by atoms with E-state index in [-0.39, 0.29) is 16.9 Å². The van der Waals surface area contributed by atoms with Gasteiger partial charge in [-0.25, -0.2) is 0 Å². The van der Waals surface area contributed by atoms with Gasteiger partial charge < -0.3 is 14.9 Å². The van der Waals surface area contributed by atoms with E-state index in [2.05, 4.69) is 25.8 Å². The molecule has 3 aliphatic rings. The van der Waals surface area contributed by atoms with Crippen LogP contribution < -0.4 is 0 Å². The van der Waals surface area contributed by atoms with Crippen molar-refractivity contribution in [1.29, 1.82) is 0 Å². The summed E-state index contributed by atoms with van der Waals surface area (Å²) in [7, 11) is 0. The van der Waals surface area contributed by atoms with Crippen molar-refractivity contribution in [2.24, 2.45) is 11.3 Å². The molecule has 2 aromatic rings. The Hall–Kier alpha value is -2.29. The summed E-state index contributed by atoms with van der Waals surface area (Å²) in [5, 5.41) is 23.0. The molecule has 0 radical (unpaired) electrons. The van der Waals surface area contributed by atoms with Gasteiger partial charge in [-0.1, -0.05) is 59.6 Å². The highest BCUT2D eigenvalue weighted by Crippen LogP contribution is 2.55. The smallest absolute Gasteiger partial charge is 0.388 e. The predicted molar refractivity (Wildman–Crippen MR) is 150 cm³/mol. The molecule has 1 unspecified atom stereocenters. The molecule has 2 aliphatic carbocycles. The van der Waals surface area contributed by atoms with Crippen molar-refractivity contribution in [3.8, 4) is 0 Å². The van der Waals surface area contributed by atoms with E-state index in [0.717, 1.165) is 66.3 Å². The number of hydrogen-bond donors (Lipinski definition) is 2. The molecule has 8 heteroatoms. The number of aromatic nitrogens is 2. The SMILES string of the molecule is CC(C)c1nc2c(c(C3=CCOCC3)c1[C@@H](O)c1ccc(C(F)(F)F)nc1)C(O)CC1(CCC1)C2.CCC(C)C. The molecule has 2 atom stereocenters. The molecule has 0 bridgehead atoms. The van der Waals surface area contributed by atoms with E-state index in [0.29, 0.717) is 37.3 Å². The first-order valence-corrected chi connectivity index (χ1v) is 14.6. The van der Waals surface area contributed by atoms with E-state index >= 15 is 0 Å². The minimum Gasteiger partial charge on any atom is -0.388 e. The van der Waals surface area contributed by atoms with E-state index in [4.69, 9.17) is 9.72 Å². The van der Waals surface area contributed by atoms with Gasteiger partial charge in [-0.2, -0.15) is 13.2 Å². The Morgan fingerprint density at radius 3 is 2.33 bits per heavy atom. The monoisotopic (exact) mass is 560 g/mol. The summed E-state index contributed by atoms with van der Waals surface area (Å²) >= 11 is 0. The van der Waals surface area contributed by atoms with Gasteiger partial charge >= 0.3 is 6.18 Å². The van der Waals surface area contributed by atoms with Crippen LogP contribution in [-0.2, 0) is 17.3 Å². The molecular weight excluding hydrogens is 517 g/mol. The predicted octanol–water partition coefficient (Wildman–Crippen LogP) is 7.71. The van der Waals surface area contributed by atoms with Crippen LogP contribution in [0.5, 0.6) is 0 Å². The molecule has 1 saturated carbocycles. The molecular formula is C32H43F3N2O3. The van der Waals surface area contributed by atoms with Gasteiger partial charge in [0, 0.05) is 34.3 Å². The van der Waals surface area contributed by atoms with Gasteiger partial charge in [-0.05, 0) is 66.6 Å². The van der Waals surface area contributed by atoms with Crippen LogP contribution in [-0.4, -0.2) is 33.4 Å².